The average Bonchev–Trinajstić information content (AvgIpc) is 2.88. The van der Waals surface area contributed by atoms with Gasteiger partial charge >= 0.3 is 0 Å². The number of ether oxygens (including phenoxy) is 2. The molecule has 2 N–H and O–H groups in total. The number of hydrogen-bond acceptors (Lipinski definition) is 5. The lowest BCUT2D eigenvalue weighted by molar-refractivity contribution is 0.397. The van der Waals surface area contributed by atoms with E-state index in [2.05, 4.69) is 6.92 Å². The van der Waals surface area contributed by atoms with E-state index in [0.717, 1.165) is 58.7 Å². The lowest BCUT2D eigenvalue weighted by Crippen LogP contribution is -2.28. The first-order valence-corrected chi connectivity index (χ1v) is 7.11. The van der Waals surface area contributed by atoms with E-state index in [9.17, 15) is 0 Å². The molecule has 0 bridgehead atoms. The number of fused-ring (bicyclic) bond motifs is 2. The van der Waals surface area contributed by atoms with Crippen molar-refractivity contribution in [3.63, 3.8) is 0 Å². The highest BCUT2D eigenvalue weighted by atomic mass is 16.5. The van der Waals surface area contributed by atoms with Crippen LogP contribution in [-0.4, -0.2) is 14.2 Å². The molecular weight excluding hydrogens is 268 g/mol. The minimum atomic E-state index is 0.735. The van der Waals surface area contributed by atoms with Crippen LogP contribution in [0.5, 0.6) is 11.5 Å². The number of methoxy groups -OCH3 is 2. The second-order valence-electron chi connectivity index (χ2n) is 5.10. The van der Waals surface area contributed by atoms with E-state index in [1.54, 1.807) is 19.2 Å². The lowest BCUT2D eigenvalue weighted by Gasteiger charge is -2.25. The van der Waals surface area contributed by atoms with E-state index in [1.165, 1.54) is 0 Å². The van der Waals surface area contributed by atoms with Crippen molar-refractivity contribution in [3.8, 4) is 11.5 Å². The molecule has 2 aromatic rings. The Morgan fingerprint density at radius 2 is 2.05 bits per heavy atom. The van der Waals surface area contributed by atoms with Gasteiger partial charge in [0.05, 0.1) is 19.6 Å². The van der Waals surface area contributed by atoms with Gasteiger partial charge in [-0.15, -0.1) is 0 Å². The standard InChI is InChI=1S/C16H20N2O3/c1-4-6-10-9-12-14(19-2)13-11(7-5-8-18(13)17)15(20-3)16(12)21-10/h5,8-9H,4,6-7,17H2,1-3H3. The fourth-order valence-corrected chi connectivity index (χ4v) is 2.90. The van der Waals surface area contributed by atoms with Crippen LogP contribution in [0.25, 0.3) is 11.0 Å². The summed E-state index contributed by atoms with van der Waals surface area (Å²) in [6, 6.07) is 2.02. The van der Waals surface area contributed by atoms with Gasteiger partial charge in [-0.2, -0.15) is 0 Å². The van der Waals surface area contributed by atoms with Crippen LogP contribution in [0.2, 0.25) is 0 Å². The van der Waals surface area contributed by atoms with Crippen molar-refractivity contribution in [2.75, 3.05) is 19.2 Å². The Morgan fingerprint density at radius 3 is 2.71 bits per heavy atom. The van der Waals surface area contributed by atoms with Crippen molar-refractivity contribution in [1.29, 1.82) is 0 Å². The summed E-state index contributed by atoms with van der Waals surface area (Å²) in [5, 5.41) is 2.48. The molecule has 1 aromatic carbocycles. The molecule has 0 fully saturated rings. The zero-order valence-electron chi connectivity index (χ0n) is 12.6. The molecule has 0 saturated heterocycles. The van der Waals surface area contributed by atoms with Gasteiger partial charge in [-0.25, -0.2) is 5.84 Å². The van der Waals surface area contributed by atoms with Crippen LogP contribution in [0, 0.1) is 0 Å². The van der Waals surface area contributed by atoms with Gasteiger partial charge in [-0.1, -0.05) is 13.0 Å². The summed E-state index contributed by atoms with van der Waals surface area (Å²) in [5.74, 6) is 8.49. The number of furan rings is 1. The summed E-state index contributed by atoms with van der Waals surface area (Å²) >= 11 is 0. The van der Waals surface area contributed by atoms with Crippen molar-refractivity contribution < 1.29 is 13.9 Å². The Kier molecular flexibility index (Phi) is 3.51. The summed E-state index contributed by atoms with van der Waals surface area (Å²) in [4.78, 5) is 0. The maximum absolute atomic E-state index is 6.08. The van der Waals surface area contributed by atoms with Crippen molar-refractivity contribution in [3.05, 3.63) is 29.7 Å². The first-order chi connectivity index (χ1) is 10.2. The number of benzene rings is 1. The second-order valence-corrected chi connectivity index (χ2v) is 5.10. The molecule has 21 heavy (non-hydrogen) atoms. The van der Waals surface area contributed by atoms with Crippen molar-refractivity contribution in [2.24, 2.45) is 5.84 Å². The fraction of sp³-hybridized carbons (Fsp3) is 0.375. The molecule has 3 rings (SSSR count). The number of rotatable bonds is 4. The third-order valence-corrected chi connectivity index (χ3v) is 3.76. The van der Waals surface area contributed by atoms with Crippen LogP contribution < -0.4 is 20.3 Å². The third-order valence-electron chi connectivity index (χ3n) is 3.76. The molecule has 0 amide bonds. The van der Waals surface area contributed by atoms with Crippen LogP contribution in [-0.2, 0) is 12.8 Å². The molecular formula is C16H20N2O3. The van der Waals surface area contributed by atoms with Crippen LogP contribution in [0.15, 0.2) is 22.8 Å². The highest BCUT2D eigenvalue weighted by molar-refractivity contribution is 5.98. The Bertz CT molecular complexity index is 703. The number of hydrogen-bond donors (Lipinski definition) is 1. The normalized spacial score (nSPS) is 13.6. The van der Waals surface area contributed by atoms with Crippen molar-refractivity contribution >= 4 is 16.7 Å². The van der Waals surface area contributed by atoms with Gasteiger partial charge in [0, 0.05) is 18.2 Å². The smallest absolute Gasteiger partial charge is 0.180 e. The molecule has 0 radical (unpaired) electrons. The van der Waals surface area contributed by atoms with E-state index in [1.807, 2.05) is 18.3 Å². The van der Waals surface area contributed by atoms with E-state index < -0.39 is 0 Å². The first kappa shape index (κ1) is 13.8. The molecule has 0 saturated carbocycles. The first-order valence-electron chi connectivity index (χ1n) is 7.11. The van der Waals surface area contributed by atoms with Crippen LogP contribution in [0.4, 0.5) is 5.69 Å². The molecule has 1 aliphatic heterocycles. The van der Waals surface area contributed by atoms with Crippen LogP contribution in [0.3, 0.4) is 0 Å². The Labute approximate surface area is 123 Å². The van der Waals surface area contributed by atoms with Crippen molar-refractivity contribution in [2.45, 2.75) is 26.2 Å². The molecule has 0 atom stereocenters. The highest BCUT2D eigenvalue weighted by Crippen LogP contribution is 2.48. The van der Waals surface area contributed by atoms with Gasteiger partial charge in [0.1, 0.15) is 11.4 Å². The molecule has 2 heterocycles. The van der Waals surface area contributed by atoms with Crippen LogP contribution >= 0.6 is 0 Å². The minimum absolute atomic E-state index is 0.735. The quantitative estimate of drug-likeness (QED) is 0.876. The fourth-order valence-electron chi connectivity index (χ4n) is 2.90. The number of aryl methyl sites for hydroxylation is 1. The molecule has 0 unspecified atom stereocenters. The van der Waals surface area contributed by atoms with Gasteiger partial charge in [-0.3, -0.25) is 5.01 Å². The Morgan fingerprint density at radius 1 is 1.29 bits per heavy atom. The van der Waals surface area contributed by atoms with Gasteiger partial charge in [-0.05, 0) is 18.9 Å². The largest absolute Gasteiger partial charge is 0.494 e. The summed E-state index contributed by atoms with van der Waals surface area (Å²) in [5.41, 5.74) is 2.57. The maximum Gasteiger partial charge on any atom is 0.180 e. The van der Waals surface area contributed by atoms with Gasteiger partial charge in [0.15, 0.2) is 17.1 Å². The topological polar surface area (TPSA) is 60.9 Å². The number of anilines is 1. The van der Waals surface area contributed by atoms with Crippen molar-refractivity contribution in [1.82, 2.24) is 0 Å². The van der Waals surface area contributed by atoms with Gasteiger partial charge in [0.25, 0.3) is 0 Å². The number of nitrogens with zero attached hydrogens (tertiary/aromatic N) is 1. The predicted molar refractivity (Wildman–Crippen MR) is 82.8 cm³/mol. The molecule has 1 aromatic heterocycles. The second kappa shape index (κ2) is 5.33. The summed E-state index contributed by atoms with van der Waals surface area (Å²) in [6.07, 6.45) is 6.47. The number of nitrogens with two attached hydrogens (primary N) is 1. The number of allylic oxidation sites excluding steroid dienone is 1. The monoisotopic (exact) mass is 288 g/mol. The van der Waals surface area contributed by atoms with E-state index in [4.69, 9.17) is 19.7 Å². The lowest BCUT2D eigenvalue weighted by atomic mass is 10.0. The zero-order chi connectivity index (χ0) is 15.0. The summed E-state index contributed by atoms with van der Waals surface area (Å²) in [7, 11) is 3.31. The SMILES string of the molecule is CCCc1cc2c(OC)c3c(c(OC)c2o1)CC=CN3N. The van der Waals surface area contributed by atoms with E-state index in [0.29, 0.717) is 0 Å². The average molecular weight is 288 g/mol. The molecule has 0 aliphatic carbocycles. The highest BCUT2D eigenvalue weighted by Gasteiger charge is 2.27. The van der Waals surface area contributed by atoms with Gasteiger partial charge < -0.3 is 13.9 Å². The predicted octanol–water partition coefficient (Wildman–Crippen LogP) is 3.15. The Hall–Kier alpha value is -2.14. The van der Waals surface area contributed by atoms with E-state index in [-0.39, 0.29) is 0 Å². The summed E-state index contributed by atoms with van der Waals surface area (Å²) in [6.45, 7) is 2.12. The zero-order valence-corrected chi connectivity index (χ0v) is 12.6. The Balaban J connectivity index is 2.35. The number of hydrazine groups is 1. The molecule has 112 valence electrons. The summed E-state index contributed by atoms with van der Waals surface area (Å²) < 4.78 is 17.2. The minimum Gasteiger partial charge on any atom is -0.494 e. The maximum atomic E-state index is 6.08. The molecule has 5 nitrogen and oxygen atoms in total. The molecule has 1 aliphatic rings. The van der Waals surface area contributed by atoms with Crippen LogP contribution in [0.1, 0.15) is 24.7 Å². The molecule has 0 spiro atoms. The van der Waals surface area contributed by atoms with E-state index >= 15 is 0 Å². The third kappa shape index (κ3) is 2.05. The molecule has 5 heteroatoms. The van der Waals surface area contributed by atoms with Gasteiger partial charge in [0.2, 0.25) is 0 Å².